The van der Waals surface area contributed by atoms with Crippen LogP contribution in [0.25, 0.3) is 0 Å². The lowest BCUT2D eigenvalue weighted by Gasteiger charge is -2.32. The van der Waals surface area contributed by atoms with Gasteiger partial charge in [-0.2, -0.15) is 0 Å². The first-order valence-electron chi connectivity index (χ1n) is 8.16. The van der Waals surface area contributed by atoms with Crippen LogP contribution in [-0.4, -0.2) is 41.6 Å². The number of nitrogens with zero attached hydrogens (tertiary/aromatic N) is 1. The van der Waals surface area contributed by atoms with Crippen LogP contribution in [0.2, 0.25) is 0 Å². The number of hydrogen-bond acceptors (Lipinski definition) is 4. The van der Waals surface area contributed by atoms with Gasteiger partial charge in [0.25, 0.3) is 5.91 Å². The predicted octanol–water partition coefficient (Wildman–Crippen LogP) is 2.83. The molecule has 1 heterocycles. The molecule has 3 rings (SSSR count). The number of rotatable bonds is 4. The monoisotopic (exact) mass is 362 g/mol. The second-order valence-corrected chi connectivity index (χ2v) is 6.06. The van der Waals surface area contributed by atoms with Gasteiger partial charge in [0.05, 0.1) is 5.56 Å². The van der Waals surface area contributed by atoms with Crippen LogP contribution in [0, 0.1) is 0 Å². The van der Waals surface area contributed by atoms with Crippen molar-refractivity contribution in [2.45, 2.75) is 19.6 Å². The van der Waals surface area contributed by atoms with Crippen molar-refractivity contribution in [1.29, 1.82) is 0 Å². The minimum Gasteiger partial charge on any atom is -0.507 e. The molecule has 6 heteroatoms. The van der Waals surface area contributed by atoms with Crippen molar-refractivity contribution < 1.29 is 14.6 Å². The first-order valence-corrected chi connectivity index (χ1v) is 8.16. The third-order valence-corrected chi connectivity index (χ3v) is 4.10. The average Bonchev–Trinajstić information content (AvgIpc) is 2.61. The molecule has 0 spiro atoms. The zero-order valence-corrected chi connectivity index (χ0v) is 15.0. The number of carbonyl (C=O) groups excluding carboxylic acids is 1. The zero-order chi connectivity index (χ0) is 16.9. The number of amides is 1. The quantitative estimate of drug-likeness (QED) is 0.878. The summed E-state index contributed by atoms with van der Waals surface area (Å²) in [6, 6.07) is 14.9. The van der Waals surface area contributed by atoms with E-state index in [0.717, 1.165) is 12.1 Å². The number of piperazine rings is 1. The van der Waals surface area contributed by atoms with E-state index in [1.165, 1.54) is 6.07 Å². The van der Waals surface area contributed by atoms with Crippen LogP contribution < -0.4 is 10.1 Å². The van der Waals surface area contributed by atoms with Crippen molar-refractivity contribution in [2.24, 2.45) is 0 Å². The Morgan fingerprint density at radius 2 is 2.04 bits per heavy atom. The van der Waals surface area contributed by atoms with E-state index < -0.39 is 0 Å². The van der Waals surface area contributed by atoms with Gasteiger partial charge in [-0.15, -0.1) is 12.4 Å². The maximum atomic E-state index is 12.7. The Bertz CT molecular complexity index is 709. The van der Waals surface area contributed by atoms with E-state index >= 15 is 0 Å². The zero-order valence-electron chi connectivity index (χ0n) is 14.1. The number of ether oxygens (including phenoxy) is 1. The van der Waals surface area contributed by atoms with Crippen molar-refractivity contribution in [3.8, 4) is 11.5 Å². The Kier molecular flexibility index (Phi) is 6.67. The molecule has 2 aromatic rings. The molecule has 1 atom stereocenters. The van der Waals surface area contributed by atoms with Gasteiger partial charge >= 0.3 is 0 Å². The van der Waals surface area contributed by atoms with Crippen molar-refractivity contribution in [1.82, 2.24) is 10.2 Å². The minimum atomic E-state index is -0.161. The highest BCUT2D eigenvalue weighted by Crippen LogP contribution is 2.25. The van der Waals surface area contributed by atoms with E-state index in [-0.39, 0.29) is 35.7 Å². The fourth-order valence-electron chi connectivity index (χ4n) is 2.80. The average molecular weight is 363 g/mol. The van der Waals surface area contributed by atoms with E-state index in [1.807, 2.05) is 37.3 Å². The number of aromatic hydroxyl groups is 1. The molecule has 0 radical (unpaired) electrons. The van der Waals surface area contributed by atoms with Crippen LogP contribution in [0.15, 0.2) is 48.5 Å². The largest absolute Gasteiger partial charge is 0.507 e. The smallest absolute Gasteiger partial charge is 0.257 e. The fourth-order valence-corrected chi connectivity index (χ4v) is 2.80. The summed E-state index contributed by atoms with van der Waals surface area (Å²) < 4.78 is 5.75. The van der Waals surface area contributed by atoms with E-state index in [9.17, 15) is 9.90 Å². The van der Waals surface area contributed by atoms with Gasteiger partial charge in [-0.3, -0.25) is 4.79 Å². The molecule has 0 unspecified atom stereocenters. The first kappa shape index (κ1) is 19.1. The third kappa shape index (κ3) is 4.87. The number of phenolic OH excluding ortho intramolecular Hbond substituents is 1. The number of halogens is 1. The van der Waals surface area contributed by atoms with Gasteiger partial charge in [0.15, 0.2) is 0 Å². The van der Waals surface area contributed by atoms with Gasteiger partial charge in [-0.05, 0) is 30.7 Å². The summed E-state index contributed by atoms with van der Waals surface area (Å²) in [5.41, 5.74) is 1.34. The van der Waals surface area contributed by atoms with Crippen LogP contribution in [0.3, 0.4) is 0 Å². The number of benzene rings is 2. The molecule has 134 valence electrons. The van der Waals surface area contributed by atoms with Crippen LogP contribution >= 0.6 is 12.4 Å². The van der Waals surface area contributed by atoms with E-state index in [4.69, 9.17) is 4.74 Å². The summed E-state index contributed by atoms with van der Waals surface area (Å²) >= 11 is 0. The van der Waals surface area contributed by atoms with Gasteiger partial charge in [-0.25, -0.2) is 0 Å². The lowest BCUT2D eigenvalue weighted by Crippen LogP contribution is -2.51. The maximum absolute atomic E-state index is 12.7. The molecule has 2 N–H and O–H groups in total. The van der Waals surface area contributed by atoms with Gasteiger partial charge in [-0.1, -0.05) is 30.3 Å². The summed E-state index contributed by atoms with van der Waals surface area (Å²) in [5, 5.41) is 13.4. The topological polar surface area (TPSA) is 61.8 Å². The van der Waals surface area contributed by atoms with E-state index in [0.29, 0.717) is 25.4 Å². The normalized spacial score (nSPS) is 16.8. The Morgan fingerprint density at radius 3 is 2.76 bits per heavy atom. The minimum absolute atomic E-state index is 0. The number of hydrogen-bond donors (Lipinski definition) is 2. The number of carbonyl (C=O) groups is 1. The first-order chi connectivity index (χ1) is 11.6. The molecule has 0 aromatic heterocycles. The lowest BCUT2D eigenvalue weighted by molar-refractivity contribution is 0.0705. The molecular formula is C19H23ClN2O3. The predicted molar refractivity (Wildman–Crippen MR) is 99.5 cm³/mol. The van der Waals surface area contributed by atoms with Gasteiger partial charge < -0.3 is 20.1 Å². The van der Waals surface area contributed by atoms with Crippen molar-refractivity contribution in [2.75, 3.05) is 19.6 Å². The molecule has 0 aliphatic carbocycles. The van der Waals surface area contributed by atoms with E-state index in [2.05, 4.69) is 5.32 Å². The second kappa shape index (κ2) is 8.74. The molecule has 0 saturated carbocycles. The maximum Gasteiger partial charge on any atom is 0.257 e. The molecule has 1 aliphatic rings. The molecule has 1 saturated heterocycles. The van der Waals surface area contributed by atoms with Crippen LogP contribution in [0.1, 0.15) is 22.8 Å². The SMILES string of the molecule is C[C@@H]1CN(C(=O)c2cc(OCc3ccccc3)ccc2O)CCN1.Cl. The van der Waals surface area contributed by atoms with Crippen molar-refractivity contribution in [3.05, 3.63) is 59.7 Å². The van der Waals surface area contributed by atoms with Crippen LogP contribution in [-0.2, 0) is 6.61 Å². The Labute approximate surface area is 154 Å². The fraction of sp³-hybridized carbons (Fsp3) is 0.316. The summed E-state index contributed by atoms with van der Waals surface area (Å²) in [4.78, 5) is 14.4. The number of phenols is 1. The van der Waals surface area contributed by atoms with Gasteiger partial charge in [0.1, 0.15) is 18.1 Å². The molecule has 1 aliphatic heterocycles. The standard InChI is InChI=1S/C19H22N2O3.ClH/c1-14-12-21(10-9-20-14)19(23)17-11-16(7-8-18(17)22)24-13-15-5-3-2-4-6-15;/h2-8,11,14,20,22H,9-10,12-13H2,1H3;1H/t14-;/m1./s1. The molecule has 0 bridgehead atoms. The summed E-state index contributed by atoms with van der Waals surface area (Å²) in [5.74, 6) is 0.396. The summed E-state index contributed by atoms with van der Waals surface area (Å²) in [6.45, 7) is 4.49. The van der Waals surface area contributed by atoms with Gasteiger partial charge in [0, 0.05) is 25.7 Å². The Balaban J connectivity index is 0.00000225. The Hall–Kier alpha value is -2.24. The number of nitrogens with one attached hydrogen (secondary N) is 1. The molecule has 1 fully saturated rings. The second-order valence-electron chi connectivity index (χ2n) is 6.06. The van der Waals surface area contributed by atoms with E-state index in [1.54, 1.807) is 17.0 Å². The molecule has 25 heavy (non-hydrogen) atoms. The highest BCUT2D eigenvalue weighted by atomic mass is 35.5. The summed E-state index contributed by atoms with van der Waals surface area (Å²) in [6.07, 6.45) is 0. The van der Waals surface area contributed by atoms with Crippen LogP contribution in [0.4, 0.5) is 0 Å². The molecule has 1 amide bonds. The van der Waals surface area contributed by atoms with Crippen molar-refractivity contribution >= 4 is 18.3 Å². The lowest BCUT2D eigenvalue weighted by atomic mass is 10.1. The third-order valence-electron chi connectivity index (χ3n) is 4.10. The molecular weight excluding hydrogens is 340 g/mol. The molecule has 5 nitrogen and oxygen atoms in total. The highest BCUT2D eigenvalue weighted by molar-refractivity contribution is 5.97. The summed E-state index contributed by atoms with van der Waals surface area (Å²) in [7, 11) is 0. The van der Waals surface area contributed by atoms with Gasteiger partial charge in [0.2, 0.25) is 0 Å². The Morgan fingerprint density at radius 1 is 1.28 bits per heavy atom. The van der Waals surface area contributed by atoms with Crippen LogP contribution in [0.5, 0.6) is 11.5 Å². The van der Waals surface area contributed by atoms with Crippen molar-refractivity contribution in [3.63, 3.8) is 0 Å². The molecule has 2 aromatic carbocycles. The highest BCUT2D eigenvalue weighted by Gasteiger charge is 2.24.